The molecule has 0 aromatic carbocycles. The average Bonchev–Trinajstić information content (AvgIpc) is 2.31. The molecular formula is C16H40N5+. The number of nitrogens with zero attached hydrogens (tertiary/aromatic N) is 3. The van der Waals surface area contributed by atoms with Crippen LogP contribution < -0.4 is 10.5 Å². The van der Waals surface area contributed by atoms with E-state index >= 15 is 0 Å². The van der Waals surface area contributed by atoms with Crippen LogP contribution in [0.3, 0.4) is 0 Å². The zero-order valence-corrected chi connectivity index (χ0v) is 16.0. The van der Waals surface area contributed by atoms with Crippen molar-refractivity contribution < 1.29 is 5.12 Å². The van der Waals surface area contributed by atoms with Crippen LogP contribution in [0.4, 0.5) is 0 Å². The van der Waals surface area contributed by atoms with Crippen LogP contribution in [0, 0.1) is 0 Å². The lowest BCUT2D eigenvalue weighted by Gasteiger charge is -2.47. The second-order valence-electron chi connectivity index (χ2n) is 7.22. The maximum absolute atomic E-state index is 3.64. The number of hydrogen-bond donors (Lipinski definition) is 2. The molecule has 5 heteroatoms. The molecule has 1 unspecified atom stereocenters. The van der Waals surface area contributed by atoms with Gasteiger partial charge in [-0.1, -0.05) is 30.5 Å². The Morgan fingerprint density at radius 1 is 1.05 bits per heavy atom. The van der Waals surface area contributed by atoms with Crippen molar-refractivity contribution in [1.29, 1.82) is 0 Å². The summed E-state index contributed by atoms with van der Waals surface area (Å²) in [7, 11) is 4.26. The maximum atomic E-state index is 3.64. The fourth-order valence-corrected chi connectivity index (χ4v) is 2.72. The van der Waals surface area contributed by atoms with Crippen LogP contribution in [0.25, 0.3) is 0 Å². The van der Waals surface area contributed by atoms with Crippen LogP contribution in [0.1, 0.15) is 67.7 Å². The number of nitrogens with one attached hydrogen (secondary N) is 2. The highest BCUT2D eigenvalue weighted by atomic mass is 16.0. The van der Waals surface area contributed by atoms with Crippen LogP contribution in [0.5, 0.6) is 0 Å². The number of hydrogen-bond acceptors (Lipinski definition) is 4. The molecule has 0 aromatic heterocycles. The van der Waals surface area contributed by atoms with E-state index < -0.39 is 0 Å². The van der Waals surface area contributed by atoms with Crippen molar-refractivity contribution in [2.45, 2.75) is 79.3 Å². The summed E-state index contributed by atoms with van der Waals surface area (Å²) in [5.41, 5.74) is 3.70. The van der Waals surface area contributed by atoms with Crippen molar-refractivity contribution in [1.82, 2.24) is 20.7 Å². The summed E-state index contributed by atoms with van der Waals surface area (Å²) in [5, 5.41) is 8.35. The van der Waals surface area contributed by atoms with Crippen LogP contribution in [0.15, 0.2) is 0 Å². The Balaban J connectivity index is 5.25. The van der Waals surface area contributed by atoms with Gasteiger partial charge in [0, 0.05) is 20.6 Å². The summed E-state index contributed by atoms with van der Waals surface area (Å²) < 4.78 is 0. The molecule has 0 heterocycles. The predicted octanol–water partition coefficient (Wildman–Crippen LogP) is 1.70. The fraction of sp³-hybridized carbons (Fsp3) is 1.00. The van der Waals surface area contributed by atoms with Gasteiger partial charge in [-0.25, -0.2) is 10.4 Å². The third kappa shape index (κ3) is 7.06. The molecule has 2 N–H and O–H groups in total. The van der Waals surface area contributed by atoms with Crippen molar-refractivity contribution >= 4 is 0 Å². The van der Waals surface area contributed by atoms with E-state index in [0.29, 0.717) is 6.04 Å². The van der Waals surface area contributed by atoms with Gasteiger partial charge in [-0.3, -0.25) is 0 Å². The lowest BCUT2D eigenvalue weighted by atomic mass is 10.1. The molecule has 0 aliphatic rings. The first kappa shape index (κ1) is 20.8. The van der Waals surface area contributed by atoms with Gasteiger partial charge >= 0.3 is 0 Å². The minimum Gasteiger partial charge on any atom is -0.208 e. The minimum atomic E-state index is 0.0631. The van der Waals surface area contributed by atoms with Gasteiger partial charge in [0.25, 0.3) is 0 Å². The second-order valence-corrected chi connectivity index (χ2v) is 7.22. The predicted molar refractivity (Wildman–Crippen MR) is 91.3 cm³/mol. The number of unbranched alkanes of at least 4 members (excludes halogenated alkanes) is 1. The van der Waals surface area contributed by atoms with E-state index in [-0.39, 0.29) is 5.54 Å². The third-order valence-corrected chi connectivity index (χ3v) is 3.36. The maximum Gasteiger partial charge on any atom is 0.116 e. The Kier molecular flexibility index (Phi) is 9.65. The van der Waals surface area contributed by atoms with E-state index in [1.54, 1.807) is 0 Å². The molecule has 0 aliphatic heterocycles. The summed E-state index contributed by atoms with van der Waals surface area (Å²) in [6.07, 6.45) is 3.58. The van der Waals surface area contributed by atoms with Gasteiger partial charge in [0.2, 0.25) is 0 Å². The van der Waals surface area contributed by atoms with Crippen LogP contribution >= 0.6 is 0 Å². The van der Waals surface area contributed by atoms with E-state index in [9.17, 15) is 0 Å². The quantitative estimate of drug-likeness (QED) is 0.474. The molecule has 0 bridgehead atoms. The monoisotopic (exact) mass is 302 g/mol. The van der Waals surface area contributed by atoms with Gasteiger partial charge in [-0.15, -0.1) is 5.12 Å². The van der Waals surface area contributed by atoms with E-state index in [1.807, 2.05) is 0 Å². The largest absolute Gasteiger partial charge is 0.208 e. The summed E-state index contributed by atoms with van der Waals surface area (Å²) in [6, 6.07) is 0.438. The van der Waals surface area contributed by atoms with E-state index in [4.69, 9.17) is 0 Å². The van der Waals surface area contributed by atoms with Gasteiger partial charge in [-0.2, -0.15) is 0 Å². The molecule has 128 valence electrons. The van der Waals surface area contributed by atoms with Gasteiger partial charge in [0.15, 0.2) is 0 Å². The Bertz CT molecular complexity index is 260. The molecule has 0 radical (unpaired) electrons. The molecular weight excluding hydrogens is 262 g/mol. The fourth-order valence-electron chi connectivity index (χ4n) is 2.72. The molecule has 5 nitrogen and oxygen atoms in total. The highest BCUT2D eigenvalue weighted by Crippen LogP contribution is 2.09. The van der Waals surface area contributed by atoms with Gasteiger partial charge < -0.3 is 0 Å². The van der Waals surface area contributed by atoms with Crippen LogP contribution in [-0.4, -0.2) is 54.0 Å². The van der Waals surface area contributed by atoms with E-state index in [2.05, 4.69) is 83.2 Å². The molecule has 21 heavy (non-hydrogen) atoms. The first-order chi connectivity index (χ1) is 9.66. The van der Waals surface area contributed by atoms with Crippen molar-refractivity contribution in [2.75, 3.05) is 27.2 Å². The second kappa shape index (κ2) is 9.74. The number of rotatable bonds is 10. The molecule has 1 atom stereocenters. The molecule has 0 amide bonds. The molecule has 0 saturated carbocycles. The smallest absolute Gasteiger partial charge is 0.116 e. The Hall–Kier alpha value is -0.200. The van der Waals surface area contributed by atoms with Gasteiger partial charge in [0.1, 0.15) is 6.54 Å². The van der Waals surface area contributed by atoms with E-state index in [1.165, 1.54) is 18.0 Å². The zero-order chi connectivity index (χ0) is 16.6. The first-order valence-corrected chi connectivity index (χ1v) is 8.52. The Morgan fingerprint density at radius 2 is 1.62 bits per heavy atom. The molecule has 0 fully saturated rings. The first-order valence-electron chi connectivity index (χ1n) is 8.52. The standard InChI is InChI=1S/C16H39N5/c1-10-12-13-17-20(15(3)4)19(14-11-2)21(18(8)9)16(5,6)7/h15,17H,10-14H2,1-9H3/p+1. The zero-order valence-electron chi connectivity index (χ0n) is 16.0. The van der Waals surface area contributed by atoms with Crippen LogP contribution in [-0.2, 0) is 0 Å². The minimum absolute atomic E-state index is 0.0631. The molecule has 0 saturated heterocycles. The molecule has 0 rings (SSSR count). The van der Waals surface area contributed by atoms with Crippen molar-refractivity contribution in [3.63, 3.8) is 0 Å². The molecule has 0 aromatic rings. The lowest BCUT2D eigenvalue weighted by Crippen LogP contribution is -3.27. The van der Waals surface area contributed by atoms with Crippen LogP contribution in [0.2, 0.25) is 0 Å². The van der Waals surface area contributed by atoms with Gasteiger partial charge in [0.05, 0.1) is 11.6 Å². The number of hydrazine groups is 2. The summed E-state index contributed by atoms with van der Waals surface area (Å²) in [4.78, 5) is 0. The third-order valence-electron chi connectivity index (χ3n) is 3.36. The number of quaternary nitrogens is 1. The van der Waals surface area contributed by atoms with Crippen molar-refractivity contribution in [3.05, 3.63) is 0 Å². The lowest BCUT2D eigenvalue weighted by molar-refractivity contribution is -1.15. The normalized spacial score (nSPS) is 14.7. The SMILES string of the molecule is CCCCNN(C(C)C)[NH+](CCC)N(N(C)C)C(C)(C)C. The van der Waals surface area contributed by atoms with Crippen molar-refractivity contribution in [3.8, 4) is 0 Å². The van der Waals surface area contributed by atoms with Crippen molar-refractivity contribution in [2.24, 2.45) is 0 Å². The van der Waals surface area contributed by atoms with Gasteiger partial charge in [-0.05, 0) is 47.5 Å². The highest BCUT2D eigenvalue weighted by Gasteiger charge is 2.38. The summed E-state index contributed by atoms with van der Waals surface area (Å²) >= 11 is 0. The Morgan fingerprint density at radius 3 is 1.95 bits per heavy atom. The summed E-state index contributed by atoms with van der Waals surface area (Å²) in [6.45, 7) is 17.9. The molecule has 0 aliphatic carbocycles. The average molecular weight is 303 g/mol. The highest BCUT2D eigenvalue weighted by molar-refractivity contribution is 4.66. The molecule has 0 spiro atoms. The summed E-state index contributed by atoms with van der Waals surface area (Å²) in [5.74, 6) is 0. The Labute approximate surface area is 133 Å². The van der Waals surface area contributed by atoms with E-state index in [0.717, 1.165) is 19.5 Å². The topological polar surface area (TPSA) is 26.2 Å².